The molecule has 0 aromatic heterocycles. The number of hydrazone groups is 1. The van der Waals surface area contributed by atoms with Crippen LogP contribution in [0.3, 0.4) is 0 Å². The highest BCUT2D eigenvalue weighted by molar-refractivity contribution is 7.90. The number of allylic oxidation sites excluding steroid dienone is 4. The fraction of sp³-hybridized carbons (Fsp3) is 0.368. The molecule has 0 fully saturated rings. The van der Waals surface area contributed by atoms with Crippen LogP contribution in [0.2, 0.25) is 0 Å². The largest absolute Gasteiger partial charge is 0.270 e. The standard InChI is InChI=1S/C19H26ClN3O2S/c1-14(12-16(3)20)10-11-15(2)13-22-23-19(21-4)17-8-6-7-9-18(17)26(5,24)25/h6-9,11-14H,10H2,1-5H3,(H,21,23)/b15-11+,16-12+,22-13+. The summed E-state index contributed by atoms with van der Waals surface area (Å²) in [5.74, 6) is 0.738. The number of aliphatic imine (C=N–C) groups is 1. The molecule has 1 aromatic carbocycles. The van der Waals surface area contributed by atoms with Crippen LogP contribution in [0, 0.1) is 5.92 Å². The molecule has 0 amide bonds. The number of sulfone groups is 1. The van der Waals surface area contributed by atoms with E-state index >= 15 is 0 Å². The van der Waals surface area contributed by atoms with Gasteiger partial charge in [-0.05, 0) is 43.9 Å². The first-order valence-corrected chi connectivity index (χ1v) is 10.5. The van der Waals surface area contributed by atoms with Crippen molar-refractivity contribution in [2.75, 3.05) is 13.3 Å². The van der Waals surface area contributed by atoms with Crippen LogP contribution < -0.4 is 5.43 Å². The molecule has 0 radical (unpaired) electrons. The Morgan fingerprint density at radius 3 is 2.54 bits per heavy atom. The van der Waals surface area contributed by atoms with Crippen LogP contribution in [0.15, 0.2) is 62.0 Å². The molecule has 1 N–H and O–H groups in total. The lowest BCUT2D eigenvalue weighted by atomic mass is 10.1. The fourth-order valence-electron chi connectivity index (χ4n) is 2.30. The predicted molar refractivity (Wildman–Crippen MR) is 111 cm³/mol. The molecule has 1 unspecified atom stereocenters. The summed E-state index contributed by atoms with van der Waals surface area (Å²) in [6, 6.07) is 6.70. The molecule has 0 aliphatic rings. The molecule has 142 valence electrons. The lowest BCUT2D eigenvalue weighted by Crippen LogP contribution is -2.21. The van der Waals surface area contributed by atoms with Gasteiger partial charge in [0.1, 0.15) is 5.84 Å². The van der Waals surface area contributed by atoms with E-state index in [2.05, 4.69) is 28.5 Å². The minimum absolute atomic E-state index is 0.215. The van der Waals surface area contributed by atoms with Crippen LogP contribution in [0.4, 0.5) is 0 Å². The number of hydrogen-bond acceptors (Lipinski definition) is 4. The highest BCUT2D eigenvalue weighted by atomic mass is 35.5. The van der Waals surface area contributed by atoms with E-state index in [0.29, 0.717) is 17.3 Å². The van der Waals surface area contributed by atoms with Gasteiger partial charge >= 0.3 is 0 Å². The van der Waals surface area contributed by atoms with E-state index in [-0.39, 0.29) is 4.90 Å². The maximum atomic E-state index is 11.9. The number of benzene rings is 1. The predicted octanol–water partition coefficient (Wildman–Crippen LogP) is 4.16. The van der Waals surface area contributed by atoms with Crippen molar-refractivity contribution in [1.29, 1.82) is 0 Å². The number of halogens is 1. The van der Waals surface area contributed by atoms with Gasteiger partial charge in [0.15, 0.2) is 9.84 Å². The van der Waals surface area contributed by atoms with Gasteiger partial charge in [0.05, 0.1) is 4.90 Å². The molecule has 0 spiro atoms. The van der Waals surface area contributed by atoms with Gasteiger partial charge in [0.25, 0.3) is 0 Å². The van der Waals surface area contributed by atoms with Gasteiger partial charge in [0.2, 0.25) is 0 Å². The molecule has 0 aliphatic carbocycles. The van der Waals surface area contributed by atoms with Crippen molar-refractivity contribution in [2.24, 2.45) is 16.0 Å². The normalized spacial score (nSPS) is 15.4. The number of hydrogen-bond donors (Lipinski definition) is 1. The summed E-state index contributed by atoms with van der Waals surface area (Å²) < 4.78 is 23.9. The molecule has 0 bridgehead atoms. The average molecular weight is 396 g/mol. The molecule has 7 heteroatoms. The molecule has 1 rings (SSSR count). The first-order chi connectivity index (χ1) is 12.1. The first kappa shape index (κ1) is 22.1. The van der Waals surface area contributed by atoms with E-state index in [4.69, 9.17) is 11.6 Å². The smallest absolute Gasteiger partial charge is 0.176 e. The SMILES string of the molecule is CN=C(N/N=C/C(C)=C/CC(C)/C=C(\C)Cl)c1ccccc1S(C)(=O)=O. The summed E-state index contributed by atoms with van der Waals surface area (Å²) in [5, 5.41) is 4.95. The molecule has 0 aliphatic heterocycles. The molecule has 1 aromatic rings. The lowest BCUT2D eigenvalue weighted by Gasteiger charge is -2.09. The highest BCUT2D eigenvalue weighted by Crippen LogP contribution is 2.15. The number of nitrogens with one attached hydrogen (secondary N) is 1. The van der Waals surface area contributed by atoms with E-state index in [1.165, 1.54) is 6.26 Å². The molecular weight excluding hydrogens is 370 g/mol. The maximum Gasteiger partial charge on any atom is 0.176 e. The van der Waals surface area contributed by atoms with E-state index < -0.39 is 9.84 Å². The first-order valence-electron chi connectivity index (χ1n) is 8.21. The van der Waals surface area contributed by atoms with E-state index in [1.807, 2.05) is 19.9 Å². The van der Waals surface area contributed by atoms with Crippen molar-refractivity contribution < 1.29 is 8.42 Å². The van der Waals surface area contributed by atoms with E-state index in [9.17, 15) is 8.42 Å². The van der Waals surface area contributed by atoms with Crippen LogP contribution in [0.1, 0.15) is 32.8 Å². The third kappa shape index (κ3) is 7.54. The van der Waals surface area contributed by atoms with Gasteiger partial charge < -0.3 is 0 Å². The lowest BCUT2D eigenvalue weighted by molar-refractivity contribution is 0.601. The molecule has 0 saturated carbocycles. The Balaban J connectivity index is 2.86. The Morgan fingerprint density at radius 1 is 1.31 bits per heavy atom. The fourth-order valence-corrected chi connectivity index (χ4v) is 3.40. The number of amidine groups is 1. The van der Waals surface area contributed by atoms with Gasteiger partial charge in [-0.15, -0.1) is 0 Å². The topological polar surface area (TPSA) is 70.9 Å². The minimum atomic E-state index is -3.36. The zero-order valence-electron chi connectivity index (χ0n) is 15.8. The summed E-state index contributed by atoms with van der Waals surface area (Å²) >= 11 is 5.87. The maximum absolute atomic E-state index is 11.9. The van der Waals surface area contributed by atoms with Crippen molar-refractivity contribution >= 4 is 33.5 Å². The number of nitrogens with zero attached hydrogens (tertiary/aromatic N) is 2. The van der Waals surface area contributed by atoms with Gasteiger partial charge in [0, 0.05) is 30.1 Å². The highest BCUT2D eigenvalue weighted by Gasteiger charge is 2.15. The Bertz CT molecular complexity index is 836. The van der Waals surface area contributed by atoms with Crippen molar-refractivity contribution in [3.8, 4) is 0 Å². The molecule has 26 heavy (non-hydrogen) atoms. The second kappa shape index (κ2) is 10.3. The minimum Gasteiger partial charge on any atom is -0.270 e. The van der Waals surface area contributed by atoms with E-state index in [0.717, 1.165) is 17.0 Å². The summed E-state index contributed by atoms with van der Waals surface area (Å²) in [6.07, 6.45) is 7.78. The Kier molecular flexibility index (Phi) is 8.75. The molecule has 1 atom stereocenters. The van der Waals surface area contributed by atoms with Crippen LogP contribution in [-0.4, -0.2) is 33.8 Å². The van der Waals surface area contributed by atoms with Crippen LogP contribution >= 0.6 is 11.6 Å². The zero-order valence-corrected chi connectivity index (χ0v) is 17.4. The van der Waals surface area contributed by atoms with Crippen LogP contribution in [-0.2, 0) is 9.84 Å². The Hall–Kier alpha value is -1.92. The van der Waals surface area contributed by atoms with Crippen molar-refractivity contribution in [3.63, 3.8) is 0 Å². The van der Waals surface area contributed by atoms with Crippen molar-refractivity contribution in [3.05, 3.63) is 52.6 Å². The van der Waals surface area contributed by atoms with Gasteiger partial charge in [-0.2, -0.15) is 5.10 Å². The Labute approximate surface area is 161 Å². The van der Waals surface area contributed by atoms with Crippen molar-refractivity contribution in [2.45, 2.75) is 32.1 Å². The number of rotatable bonds is 7. The van der Waals surface area contributed by atoms with Gasteiger partial charge in [-0.3, -0.25) is 10.4 Å². The molecule has 0 saturated heterocycles. The third-order valence-corrected chi connectivity index (χ3v) is 4.81. The summed E-state index contributed by atoms with van der Waals surface area (Å²) in [5.41, 5.74) is 4.31. The average Bonchev–Trinajstić information content (AvgIpc) is 2.55. The molecule has 5 nitrogen and oxygen atoms in total. The summed E-state index contributed by atoms with van der Waals surface area (Å²) in [6.45, 7) is 5.90. The zero-order chi connectivity index (χ0) is 19.7. The van der Waals surface area contributed by atoms with Gasteiger partial charge in [-0.25, -0.2) is 8.42 Å². The van der Waals surface area contributed by atoms with Crippen molar-refractivity contribution in [1.82, 2.24) is 5.43 Å². The second-order valence-corrected chi connectivity index (χ2v) is 8.71. The van der Waals surface area contributed by atoms with Gasteiger partial charge in [-0.1, -0.05) is 42.8 Å². The molecule has 0 heterocycles. The summed E-state index contributed by atoms with van der Waals surface area (Å²) in [7, 11) is -1.77. The molecular formula is C19H26ClN3O2S. The Morgan fingerprint density at radius 2 is 1.96 bits per heavy atom. The quantitative estimate of drug-likeness (QED) is 0.428. The van der Waals surface area contributed by atoms with Crippen LogP contribution in [0.25, 0.3) is 0 Å². The summed E-state index contributed by atoms with van der Waals surface area (Å²) in [4.78, 5) is 4.34. The second-order valence-electron chi connectivity index (χ2n) is 6.13. The monoisotopic (exact) mass is 395 g/mol. The van der Waals surface area contributed by atoms with E-state index in [1.54, 1.807) is 37.5 Å². The van der Waals surface area contributed by atoms with Crippen LogP contribution in [0.5, 0.6) is 0 Å². The third-order valence-electron chi connectivity index (χ3n) is 3.53.